The van der Waals surface area contributed by atoms with Crippen LogP contribution >= 0.6 is 0 Å². The van der Waals surface area contributed by atoms with Crippen LogP contribution in [0, 0.1) is 29.1 Å². The maximum atomic E-state index is 13.3. The Balaban J connectivity index is 1.51. The smallest absolute Gasteiger partial charge is 0.306 e. The number of rotatable bonds is 15. The molecule has 0 bridgehead atoms. The van der Waals surface area contributed by atoms with Gasteiger partial charge in [-0.1, -0.05) is 104 Å². The maximum absolute atomic E-state index is 13.3. The van der Waals surface area contributed by atoms with E-state index in [-0.39, 0.29) is 19.4 Å². The molecule has 0 aromatic rings. The van der Waals surface area contributed by atoms with Crippen LogP contribution in [0.15, 0.2) is 23.3 Å². The standard InChI is InChI=1S/C36H56O8/c1-7-8-9-10-11-12-13-14-15-16-17-18-29(39)43-32-24(3)35(42)27(30-33(5,6)36(30,32)44-25(4)38)20-26(22-37)21-34(41)28(35)19-23(2)31(34)40/h19-20,24,27-28,30,32,37,41-42H,7-18,21-22H2,1-6H3/t24-,27+,28-,30-,32-,34-,35+,36-/m1/s1. The van der Waals surface area contributed by atoms with Crippen molar-refractivity contribution in [1.29, 1.82) is 0 Å². The zero-order valence-corrected chi connectivity index (χ0v) is 27.8. The Morgan fingerprint density at radius 2 is 1.52 bits per heavy atom. The number of hydrogen-bond donors (Lipinski definition) is 3. The van der Waals surface area contributed by atoms with Crippen LogP contribution in [0.2, 0.25) is 0 Å². The van der Waals surface area contributed by atoms with Crippen molar-refractivity contribution in [1.82, 2.24) is 0 Å². The zero-order chi connectivity index (χ0) is 32.5. The fourth-order valence-corrected chi connectivity index (χ4v) is 9.20. The highest BCUT2D eigenvalue weighted by molar-refractivity contribution is 6.04. The Kier molecular flexibility index (Phi) is 10.6. The second-order valence-electron chi connectivity index (χ2n) is 14.7. The van der Waals surface area contributed by atoms with E-state index in [9.17, 15) is 29.7 Å². The fraction of sp³-hybridized carbons (Fsp3) is 0.806. The lowest BCUT2D eigenvalue weighted by atomic mass is 9.59. The number of ether oxygens (including phenoxy) is 2. The molecule has 0 aromatic heterocycles. The van der Waals surface area contributed by atoms with Gasteiger partial charge < -0.3 is 24.8 Å². The van der Waals surface area contributed by atoms with Crippen molar-refractivity contribution in [3.8, 4) is 0 Å². The summed E-state index contributed by atoms with van der Waals surface area (Å²) in [5.74, 6) is -4.29. The van der Waals surface area contributed by atoms with E-state index in [0.29, 0.717) is 17.6 Å². The van der Waals surface area contributed by atoms with Gasteiger partial charge in [0.1, 0.15) is 11.7 Å². The molecule has 248 valence electrons. The molecule has 8 nitrogen and oxygen atoms in total. The second-order valence-corrected chi connectivity index (χ2v) is 14.7. The predicted molar refractivity (Wildman–Crippen MR) is 167 cm³/mol. The van der Waals surface area contributed by atoms with Crippen molar-refractivity contribution in [3.05, 3.63) is 23.3 Å². The van der Waals surface area contributed by atoms with Gasteiger partial charge in [-0.2, -0.15) is 0 Å². The first kappa shape index (κ1) is 34.8. The van der Waals surface area contributed by atoms with Crippen LogP contribution < -0.4 is 0 Å². The van der Waals surface area contributed by atoms with Crippen molar-refractivity contribution < 1.29 is 39.2 Å². The molecule has 0 aliphatic heterocycles. The van der Waals surface area contributed by atoms with Crippen LogP contribution in [0.5, 0.6) is 0 Å². The summed E-state index contributed by atoms with van der Waals surface area (Å²) in [6.07, 6.45) is 15.4. The van der Waals surface area contributed by atoms with Gasteiger partial charge in [-0.25, -0.2) is 0 Å². The molecule has 0 spiro atoms. The number of hydrogen-bond acceptors (Lipinski definition) is 8. The van der Waals surface area contributed by atoms with Gasteiger partial charge in [0.25, 0.3) is 0 Å². The highest BCUT2D eigenvalue weighted by atomic mass is 16.6. The molecule has 4 aliphatic carbocycles. The van der Waals surface area contributed by atoms with Crippen LogP contribution in [-0.2, 0) is 23.9 Å². The molecule has 4 rings (SSSR count). The summed E-state index contributed by atoms with van der Waals surface area (Å²) in [7, 11) is 0. The molecule has 44 heavy (non-hydrogen) atoms. The third-order valence-electron chi connectivity index (χ3n) is 11.5. The van der Waals surface area contributed by atoms with Gasteiger partial charge in [0.15, 0.2) is 11.4 Å². The molecule has 0 unspecified atom stereocenters. The van der Waals surface area contributed by atoms with E-state index < -0.39 is 69.7 Å². The zero-order valence-electron chi connectivity index (χ0n) is 27.8. The lowest BCUT2D eigenvalue weighted by Crippen LogP contribution is -2.66. The number of Topliss-reactive ketones (excluding diaryl/α,β-unsaturated/α-hetero) is 1. The van der Waals surface area contributed by atoms with Gasteiger partial charge in [0.05, 0.1) is 12.2 Å². The number of fused-ring (bicyclic) bond motifs is 5. The average molecular weight is 617 g/mol. The molecule has 0 aromatic carbocycles. The second kappa shape index (κ2) is 13.4. The first-order valence-electron chi connectivity index (χ1n) is 17.1. The van der Waals surface area contributed by atoms with Crippen molar-refractivity contribution >= 4 is 17.7 Å². The molecule has 0 heterocycles. The highest BCUT2D eigenvalue weighted by Crippen LogP contribution is 2.77. The molecule has 4 aliphatic rings. The number of esters is 2. The fourth-order valence-electron chi connectivity index (χ4n) is 9.20. The molecule has 2 fully saturated rings. The summed E-state index contributed by atoms with van der Waals surface area (Å²) in [6, 6.07) is 0. The number of aliphatic hydroxyl groups excluding tert-OH is 1. The van der Waals surface area contributed by atoms with E-state index >= 15 is 0 Å². The topological polar surface area (TPSA) is 130 Å². The van der Waals surface area contributed by atoms with E-state index in [0.717, 1.165) is 19.3 Å². The summed E-state index contributed by atoms with van der Waals surface area (Å²) < 4.78 is 12.3. The van der Waals surface area contributed by atoms with Crippen molar-refractivity contribution in [2.75, 3.05) is 6.61 Å². The summed E-state index contributed by atoms with van der Waals surface area (Å²) in [5, 5.41) is 34.8. The van der Waals surface area contributed by atoms with E-state index in [1.807, 2.05) is 13.8 Å². The third kappa shape index (κ3) is 5.84. The predicted octanol–water partition coefficient (Wildman–Crippen LogP) is 5.75. The van der Waals surface area contributed by atoms with E-state index in [2.05, 4.69) is 6.92 Å². The number of aliphatic hydroxyl groups is 3. The molecule has 3 N–H and O–H groups in total. The Bertz CT molecular complexity index is 1150. The average Bonchev–Trinajstić information content (AvgIpc) is 3.38. The van der Waals surface area contributed by atoms with E-state index in [1.165, 1.54) is 51.9 Å². The minimum Gasteiger partial charge on any atom is -0.458 e. The minimum absolute atomic E-state index is 0.108. The van der Waals surface area contributed by atoms with Gasteiger partial charge in [0, 0.05) is 48.9 Å². The SMILES string of the molecule is CCCCCCCCCCCCCC(=O)O[C@@H]1[C@@H](C)[C@]2(O)[C@@H](C=C(CO)C[C@]3(O)C(=O)C(C)=C[C@@H]23)[C@@H]2C(C)(C)[C@]12OC(C)=O. The number of carbonyl (C=O) groups is 3. The first-order valence-corrected chi connectivity index (χ1v) is 17.1. The van der Waals surface area contributed by atoms with Crippen LogP contribution in [0.1, 0.15) is 125 Å². The Morgan fingerprint density at radius 3 is 2.07 bits per heavy atom. The molecule has 8 atom stereocenters. The summed E-state index contributed by atoms with van der Waals surface area (Å²) in [4.78, 5) is 39.1. The number of unbranched alkanes of at least 4 members (excludes halogenated alkanes) is 10. The van der Waals surface area contributed by atoms with Crippen LogP contribution in [-0.4, -0.2) is 62.6 Å². The van der Waals surface area contributed by atoms with Crippen LogP contribution in [0.3, 0.4) is 0 Å². The summed E-state index contributed by atoms with van der Waals surface area (Å²) in [6.45, 7) is 10.4. The summed E-state index contributed by atoms with van der Waals surface area (Å²) >= 11 is 0. The largest absolute Gasteiger partial charge is 0.458 e. The molecule has 0 saturated heterocycles. The molecule has 0 radical (unpaired) electrons. The first-order chi connectivity index (χ1) is 20.7. The normalized spacial score (nSPS) is 36.8. The molecular formula is C36H56O8. The number of carbonyl (C=O) groups excluding carboxylic acids is 3. The van der Waals surface area contributed by atoms with Gasteiger partial charge in [-0.3, -0.25) is 14.4 Å². The third-order valence-corrected chi connectivity index (χ3v) is 11.5. The summed E-state index contributed by atoms with van der Waals surface area (Å²) in [5.41, 5.74) is -4.71. The highest BCUT2D eigenvalue weighted by Gasteiger charge is 2.87. The van der Waals surface area contributed by atoms with Crippen LogP contribution in [0.4, 0.5) is 0 Å². The quantitative estimate of drug-likeness (QED) is 0.120. The Labute approximate surface area is 263 Å². The lowest BCUT2D eigenvalue weighted by molar-refractivity contribution is -0.228. The van der Waals surface area contributed by atoms with Crippen molar-refractivity contribution in [3.63, 3.8) is 0 Å². The van der Waals surface area contributed by atoms with Gasteiger partial charge >= 0.3 is 11.9 Å². The van der Waals surface area contributed by atoms with Crippen molar-refractivity contribution in [2.24, 2.45) is 29.1 Å². The van der Waals surface area contributed by atoms with Gasteiger partial charge in [-0.15, -0.1) is 0 Å². The Morgan fingerprint density at radius 1 is 0.955 bits per heavy atom. The Hall–Kier alpha value is -2.03. The van der Waals surface area contributed by atoms with E-state index in [1.54, 1.807) is 26.0 Å². The van der Waals surface area contributed by atoms with Crippen molar-refractivity contribution in [2.45, 2.75) is 148 Å². The monoisotopic (exact) mass is 616 g/mol. The van der Waals surface area contributed by atoms with E-state index in [4.69, 9.17) is 9.47 Å². The molecule has 8 heteroatoms. The number of ketones is 1. The van der Waals surface area contributed by atoms with Gasteiger partial charge in [-0.05, 0) is 24.5 Å². The maximum Gasteiger partial charge on any atom is 0.306 e. The van der Waals surface area contributed by atoms with Gasteiger partial charge in [0.2, 0.25) is 0 Å². The van der Waals surface area contributed by atoms with Crippen LogP contribution in [0.25, 0.3) is 0 Å². The molecular weight excluding hydrogens is 560 g/mol. The molecule has 2 saturated carbocycles. The lowest BCUT2D eigenvalue weighted by Gasteiger charge is -2.53. The minimum atomic E-state index is -1.93. The molecule has 0 amide bonds.